The fraction of sp³-hybridized carbons (Fsp3) is 0.588. The van der Waals surface area contributed by atoms with Crippen LogP contribution in [0, 0.1) is 0 Å². The molecule has 1 fully saturated rings. The van der Waals surface area contributed by atoms with Gasteiger partial charge in [-0.15, -0.1) is 0 Å². The van der Waals surface area contributed by atoms with Gasteiger partial charge < -0.3 is 14.8 Å². The zero-order valence-corrected chi connectivity index (χ0v) is 12.6. The van der Waals surface area contributed by atoms with Crippen LogP contribution in [0.5, 0.6) is 11.5 Å². The molecule has 4 nitrogen and oxygen atoms in total. The summed E-state index contributed by atoms with van der Waals surface area (Å²) >= 11 is 0. The van der Waals surface area contributed by atoms with Crippen LogP contribution in [0.15, 0.2) is 18.2 Å². The lowest BCUT2D eigenvalue weighted by molar-refractivity contribution is -0.123. The minimum Gasteiger partial charge on any atom is -0.486 e. The van der Waals surface area contributed by atoms with E-state index >= 15 is 0 Å². The van der Waals surface area contributed by atoms with Crippen LogP contribution in [0.25, 0.3) is 0 Å². The van der Waals surface area contributed by atoms with Gasteiger partial charge in [-0.3, -0.25) is 4.79 Å². The van der Waals surface area contributed by atoms with Gasteiger partial charge in [0.2, 0.25) is 5.91 Å². The third-order valence-electron chi connectivity index (χ3n) is 4.35. The average molecular weight is 289 g/mol. The Labute approximate surface area is 125 Å². The Morgan fingerprint density at radius 2 is 1.95 bits per heavy atom. The van der Waals surface area contributed by atoms with Gasteiger partial charge in [0.1, 0.15) is 13.2 Å². The van der Waals surface area contributed by atoms with E-state index in [0.717, 1.165) is 49.3 Å². The number of hydrogen-bond donors (Lipinski definition) is 1. The van der Waals surface area contributed by atoms with Crippen LogP contribution in [0.1, 0.15) is 44.6 Å². The van der Waals surface area contributed by atoms with E-state index in [1.54, 1.807) is 0 Å². The van der Waals surface area contributed by atoms with Crippen molar-refractivity contribution in [3.8, 4) is 11.5 Å². The summed E-state index contributed by atoms with van der Waals surface area (Å²) < 4.78 is 11.2. The molecule has 0 saturated heterocycles. The number of ether oxygens (including phenoxy) is 2. The highest BCUT2D eigenvalue weighted by Crippen LogP contribution is 2.50. The number of unbranched alkanes of at least 4 members (excludes halogenated alkanes) is 2. The summed E-state index contributed by atoms with van der Waals surface area (Å²) in [6.07, 6.45) is 5.23. The molecule has 4 heteroatoms. The van der Waals surface area contributed by atoms with Crippen molar-refractivity contribution in [2.75, 3.05) is 19.8 Å². The summed E-state index contributed by atoms with van der Waals surface area (Å²) in [6, 6.07) is 5.91. The van der Waals surface area contributed by atoms with Crippen LogP contribution < -0.4 is 14.8 Å². The van der Waals surface area contributed by atoms with Crippen LogP contribution >= 0.6 is 0 Å². The third-order valence-corrected chi connectivity index (χ3v) is 4.35. The Balaban J connectivity index is 1.69. The molecular weight excluding hydrogens is 266 g/mol. The van der Waals surface area contributed by atoms with E-state index < -0.39 is 0 Å². The van der Waals surface area contributed by atoms with E-state index in [1.807, 2.05) is 18.2 Å². The Kier molecular flexibility index (Phi) is 4.04. The standard InChI is InChI=1S/C17H23NO3/c1-2-3-4-9-18-16(19)17(7-8-17)13-5-6-14-15(12-13)21-11-10-20-14/h5-6,12H,2-4,7-11H2,1H3,(H,18,19). The minimum absolute atomic E-state index is 0.162. The highest BCUT2D eigenvalue weighted by Gasteiger charge is 2.51. The summed E-state index contributed by atoms with van der Waals surface area (Å²) in [5.41, 5.74) is 0.724. The van der Waals surface area contributed by atoms with Crippen molar-refractivity contribution in [3.05, 3.63) is 23.8 Å². The zero-order valence-electron chi connectivity index (χ0n) is 12.6. The lowest BCUT2D eigenvalue weighted by Crippen LogP contribution is -2.35. The molecule has 1 heterocycles. The Morgan fingerprint density at radius 1 is 1.19 bits per heavy atom. The maximum Gasteiger partial charge on any atom is 0.230 e. The summed E-state index contributed by atoms with van der Waals surface area (Å²) in [7, 11) is 0. The normalized spacial score (nSPS) is 18.1. The van der Waals surface area contributed by atoms with Crippen molar-refractivity contribution >= 4 is 5.91 Å². The molecule has 3 rings (SSSR count). The number of nitrogens with one attached hydrogen (secondary N) is 1. The molecule has 0 bridgehead atoms. The van der Waals surface area contributed by atoms with Crippen LogP contribution in [0.2, 0.25) is 0 Å². The number of benzene rings is 1. The van der Waals surface area contributed by atoms with E-state index in [-0.39, 0.29) is 11.3 Å². The van der Waals surface area contributed by atoms with Crippen molar-refractivity contribution in [1.82, 2.24) is 5.32 Å². The zero-order chi connectivity index (χ0) is 14.7. The molecule has 21 heavy (non-hydrogen) atoms. The van der Waals surface area contributed by atoms with Gasteiger partial charge in [0, 0.05) is 6.54 Å². The number of hydrogen-bond acceptors (Lipinski definition) is 3. The maximum absolute atomic E-state index is 12.5. The van der Waals surface area contributed by atoms with Gasteiger partial charge in [-0.1, -0.05) is 25.8 Å². The lowest BCUT2D eigenvalue weighted by atomic mass is 9.94. The van der Waals surface area contributed by atoms with E-state index in [0.29, 0.717) is 13.2 Å². The molecule has 1 N–H and O–H groups in total. The molecular formula is C17H23NO3. The smallest absolute Gasteiger partial charge is 0.230 e. The molecule has 1 saturated carbocycles. The van der Waals surface area contributed by atoms with Crippen molar-refractivity contribution in [1.29, 1.82) is 0 Å². The van der Waals surface area contributed by atoms with E-state index in [9.17, 15) is 4.79 Å². The van der Waals surface area contributed by atoms with Crippen molar-refractivity contribution in [3.63, 3.8) is 0 Å². The van der Waals surface area contributed by atoms with E-state index in [2.05, 4.69) is 12.2 Å². The molecule has 1 aliphatic heterocycles. The first-order valence-electron chi connectivity index (χ1n) is 7.95. The van der Waals surface area contributed by atoms with Gasteiger partial charge in [-0.2, -0.15) is 0 Å². The Bertz CT molecular complexity index is 523. The fourth-order valence-corrected chi connectivity index (χ4v) is 2.86. The van der Waals surface area contributed by atoms with E-state index in [4.69, 9.17) is 9.47 Å². The molecule has 0 aromatic heterocycles. The molecule has 1 aromatic carbocycles. The van der Waals surface area contributed by atoms with Crippen molar-refractivity contribution in [2.24, 2.45) is 0 Å². The van der Waals surface area contributed by atoms with Crippen molar-refractivity contribution in [2.45, 2.75) is 44.4 Å². The molecule has 1 aliphatic carbocycles. The number of rotatable bonds is 6. The summed E-state index contributed by atoms with van der Waals surface area (Å²) in [4.78, 5) is 12.5. The molecule has 0 unspecified atom stereocenters. The van der Waals surface area contributed by atoms with Crippen LogP contribution in [0.3, 0.4) is 0 Å². The molecule has 0 atom stereocenters. The van der Waals surface area contributed by atoms with Gasteiger partial charge in [-0.25, -0.2) is 0 Å². The highest BCUT2D eigenvalue weighted by molar-refractivity contribution is 5.91. The maximum atomic E-state index is 12.5. The summed E-state index contributed by atoms with van der Waals surface area (Å²) in [5.74, 6) is 1.71. The summed E-state index contributed by atoms with van der Waals surface area (Å²) in [5, 5.41) is 3.09. The van der Waals surface area contributed by atoms with E-state index in [1.165, 1.54) is 6.42 Å². The Hall–Kier alpha value is -1.71. The predicted molar refractivity (Wildman–Crippen MR) is 80.9 cm³/mol. The van der Waals surface area contributed by atoms with Crippen LogP contribution in [0.4, 0.5) is 0 Å². The lowest BCUT2D eigenvalue weighted by Gasteiger charge is -2.21. The average Bonchev–Trinajstić information content (AvgIpc) is 3.33. The topological polar surface area (TPSA) is 47.6 Å². The first-order valence-corrected chi connectivity index (χ1v) is 7.95. The molecule has 114 valence electrons. The van der Waals surface area contributed by atoms with Crippen LogP contribution in [-0.4, -0.2) is 25.7 Å². The molecule has 0 radical (unpaired) electrons. The summed E-state index contributed by atoms with van der Waals surface area (Å²) in [6.45, 7) is 4.11. The van der Waals surface area contributed by atoms with Gasteiger partial charge >= 0.3 is 0 Å². The molecule has 0 spiro atoms. The fourth-order valence-electron chi connectivity index (χ4n) is 2.86. The number of carbonyl (C=O) groups excluding carboxylic acids is 1. The van der Waals surface area contributed by atoms with Crippen LogP contribution in [-0.2, 0) is 10.2 Å². The van der Waals surface area contributed by atoms with Gasteiger partial charge in [0.05, 0.1) is 5.41 Å². The van der Waals surface area contributed by atoms with Gasteiger partial charge in [0.15, 0.2) is 11.5 Å². The first kappa shape index (κ1) is 14.2. The van der Waals surface area contributed by atoms with Gasteiger partial charge in [0.25, 0.3) is 0 Å². The minimum atomic E-state index is -0.331. The SMILES string of the molecule is CCCCCNC(=O)C1(c2ccc3c(c2)OCCO3)CC1. The second kappa shape index (κ2) is 5.96. The quantitative estimate of drug-likeness (QED) is 0.819. The Morgan fingerprint density at radius 3 is 2.67 bits per heavy atom. The number of amides is 1. The highest BCUT2D eigenvalue weighted by atomic mass is 16.6. The predicted octanol–water partition coefficient (Wildman–Crippen LogP) is 2.80. The monoisotopic (exact) mass is 289 g/mol. The number of carbonyl (C=O) groups is 1. The third kappa shape index (κ3) is 2.85. The first-order chi connectivity index (χ1) is 10.3. The number of fused-ring (bicyclic) bond motifs is 1. The molecule has 2 aliphatic rings. The largest absolute Gasteiger partial charge is 0.486 e. The molecule has 1 amide bonds. The second-order valence-electron chi connectivity index (χ2n) is 5.90. The second-order valence-corrected chi connectivity index (χ2v) is 5.90. The van der Waals surface area contributed by atoms with Gasteiger partial charge in [-0.05, 0) is 37.0 Å². The molecule has 1 aromatic rings. The van der Waals surface area contributed by atoms with Crippen molar-refractivity contribution < 1.29 is 14.3 Å².